The first kappa shape index (κ1) is 10.2. The number of carbonyl (C=O) groups is 1. The molecule has 2 N–H and O–H groups in total. The van der Waals surface area contributed by atoms with E-state index in [9.17, 15) is 4.79 Å². The third-order valence-electron chi connectivity index (χ3n) is 1.61. The van der Waals surface area contributed by atoms with Crippen molar-refractivity contribution in [1.29, 1.82) is 0 Å². The lowest BCUT2D eigenvalue weighted by atomic mass is 10.3. The van der Waals surface area contributed by atoms with Crippen molar-refractivity contribution in [3.05, 3.63) is 11.8 Å². The number of carbonyl (C=O) groups excluding carboxylic acids is 1. The number of rotatable bonds is 2. The number of aromatic nitrogens is 2. The quantitative estimate of drug-likeness (QED) is 0.666. The van der Waals surface area contributed by atoms with Gasteiger partial charge in [-0.3, -0.25) is 0 Å². The third-order valence-corrected chi connectivity index (χ3v) is 1.61. The molecule has 1 aromatic rings. The summed E-state index contributed by atoms with van der Waals surface area (Å²) in [6, 6.07) is 0. The topological polar surface area (TPSA) is 81.3 Å². The summed E-state index contributed by atoms with van der Waals surface area (Å²) in [5.41, 5.74) is 5.74. The van der Waals surface area contributed by atoms with Gasteiger partial charge in [0.15, 0.2) is 0 Å². The first-order valence-electron chi connectivity index (χ1n) is 3.94. The lowest BCUT2D eigenvalue weighted by Crippen LogP contribution is -2.16. The zero-order chi connectivity index (χ0) is 10.7. The molecule has 0 aliphatic rings. The van der Waals surface area contributed by atoms with Gasteiger partial charge in [-0.25, -0.2) is 9.78 Å². The zero-order valence-electron chi connectivity index (χ0n) is 8.31. The Morgan fingerprint density at radius 1 is 1.57 bits per heavy atom. The molecule has 0 amide bonds. The maximum atomic E-state index is 11.1. The van der Waals surface area contributed by atoms with Crippen LogP contribution in [0.1, 0.15) is 10.4 Å². The standard InChI is InChI=1S/C8H12N4O2/c1-12(2)8-10-4-5(6(9)11-8)7(13)14-3/h4H,1-3H3,(H2,9,10,11). The molecule has 6 heteroatoms. The number of anilines is 2. The molecule has 0 fully saturated rings. The molecule has 0 aliphatic carbocycles. The van der Waals surface area contributed by atoms with Crippen molar-refractivity contribution >= 4 is 17.7 Å². The van der Waals surface area contributed by atoms with E-state index in [4.69, 9.17) is 5.73 Å². The van der Waals surface area contributed by atoms with Crippen molar-refractivity contribution in [2.45, 2.75) is 0 Å². The van der Waals surface area contributed by atoms with Gasteiger partial charge in [-0.2, -0.15) is 4.98 Å². The first-order valence-corrected chi connectivity index (χ1v) is 3.94. The highest BCUT2D eigenvalue weighted by atomic mass is 16.5. The lowest BCUT2D eigenvalue weighted by Gasteiger charge is -2.10. The Hall–Kier alpha value is -1.85. The number of nitrogens with zero attached hydrogens (tertiary/aromatic N) is 3. The van der Waals surface area contributed by atoms with E-state index in [1.54, 1.807) is 19.0 Å². The predicted molar refractivity (Wildman–Crippen MR) is 52.1 cm³/mol. The third kappa shape index (κ3) is 1.90. The van der Waals surface area contributed by atoms with Gasteiger partial charge in [-0.15, -0.1) is 0 Å². The highest BCUT2D eigenvalue weighted by Gasteiger charge is 2.12. The molecule has 0 aliphatic heterocycles. The molecule has 76 valence electrons. The van der Waals surface area contributed by atoms with E-state index in [1.165, 1.54) is 13.3 Å². The van der Waals surface area contributed by atoms with E-state index in [0.717, 1.165) is 0 Å². The highest BCUT2D eigenvalue weighted by molar-refractivity contribution is 5.93. The number of hydrogen-bond donors (Lipinski definition) is 1. The molecule has 6 nitrogen and oxygen atoms in total. The molecule has 14 heavy (non-hydrogen) atoms. The fourth-order valence-electron chi connectivity index (χ4n) is 0.868. The minimum absolute atomic E-state index is 0.121. The molecule has 0 spiro atoms. The summed E-state index contributed by atoms with van der Waals surface area (Å²) >= 11 is 0. The molecular weight excluding hydrogens is 184 g/mol. The predicted octanol–water partition coefficient (Wildman–Crippen LogP) is -0.0886. The summed E-state index contributed by atoms with van der Waals surface area (Å²) in [7, 11) is 4.85. The van der Waals surface area contributed by atoms with Gasteiger partial charge < -0.3 is 15.4 Å². The summed E-state index contributed by atoms with van der Waals surface area (Å²) in [5, 5.41) is 0. The van der Waals surface area contributed by atoms with Crippen LogP contribution in [0, 0.1) is 0 Å². The van der Waals surface area contributed by atoms with Crippen LogP contribution in [0.2, 0.25) is 0 Å². The van der Waals surface area contributed by atoms with Crippen molar-refractivity contribution in [2.24, 2.45) is 0 Å². The number of hydrogen-bond acceptors (Lipinski definition) is 6. The average molecular weight is 196 g/mol. The molecular formula is C8H12N4O2. The van der Waals surface area contributed by atoms with Crippen LogP contribution in [0.25, 0.3) is 0 Å². The SMILES string of the molecule is COC(=O)c1cnc(N(C)C)nc1N. The van der Waals surface area contributed by atoms with E-state index in [0.29, 0.717) is 5.95 Å². The Morgan fingerprint density at radius 3 is 2.64 bits per heavy atom. The summed E-state index contributed by atoms with van der Waals surface area (Å²) in [4.78, 5) is 20.7. The van der Waals surface area contributed by atoms with Crippen molar-refractivity contribution in [2.75, 3.05) is 31.8 Å². The van der Waals surface area contributed by atoms with Gasteiger partial charge in [0.25, 0.3) is 0 Å². The maximum absolute atomic E-state index is 11.1. The molecule has 1 rings (SSSR count). The van der Waals surface area contributed by atoms with Gasteiger partial charge in [0.2, 0.25) is 5.95 Å². The molecule has 0 saturated heterocycles. The molecule has 0 atom stereocenters. The zero-order valence-corrected chi connectivity index (χ0v) is 8.31. The largest absolute Gasteiger partial charge is 0.465 e. The van der Waals surface area contributed by atoms with Crippen LogP contribution in [0.3, 0.4) is 0 Å². The second kappa shape index (κ2) is 3.91. The van der Waals surface area contributed by atoms with Crippen molar-refractivity contribution < 1.29 is 9.53 Å². The van der Waals surface area contributed by atoms with Gasteiger partial charge in [-0.05, 0) is 0 Å². The minimum atomic E-state index is -0.534. The van der Waals surface area contributed by atoms with E-state index in [-0.39, 0.29) is 11.4 Å². The molecule has 0 aromatic carbocycles. The Labute approximate surface area is 81.7 Å². The van der Waals surface area contributed by atoms with Crippen molar-refractivity contribution in [3.63, 3.8) is 0 Å². The van der Waals surface area contributed by atoms with E-state index in [1.807, 2.05) is 0 Å². The normalized spacial score (nSPS) is 9.64. The highest BCUT2D eigenvalue weighted by Crippen LogP contribution is 2.12. The second-order valence-corrected chi connectivity index (χ2v) is 2.85. The fraction of sp³-hybridized carbons (Fsp3) is 0.375. The number of esters is 1. The summed E-state index contributed by atoms with van der Waals surface area (Å²) < 4.78 is 4.50. The van der Waals surface area contributed by atoms with Gasteiger partial charge >= 0.3 is 5.97 Å². The van der Waals surface area contributed by atoms with E-state index in [2.05, 4.69) is 14.7 Å². The number of methoxy groups -OCH3 is 1. The van der Waals surface area contributed by atoms with Crippen LogP contribution >= 0.6 is 0 Å². The monoisotopic (exact) mass is 196 g/mol. The van der Waals surface area contributed by atoms with Crippen molar-refractivity contribution in [1.82, 2.24) is 9.97 Å². The summed E-state index contributed by atoms with van der Waals surface area (Å²) in [6.45, 7) is 0. The molecule has 0 radical (unpaired) electrons. The second-order valence-electron chi connectivity index (χ2n) is 2.85. The van der Waals surface area contributed by atoms with Crippen LogP contribution < -0.4 is 10.6 Å². The fourth-order valence-corrected chi connectivity index (χ4v) is 0.868. The number of nitrogen functional groups attached to an aromatic ring is 1. The molecule has 1 aromatic heterocycles. The van der Waals surface area contributed by atoms with Gasteiger partial charge in [-0.1, -0.05) is 0 Å². The van der Waals surface area contributed by atoms with Crippen LogP contribution in [-0.2, 0) is 4.74 Å². The number of ether oxygens (including phenoxy) is 1. The van der Waals surface area contributed by atoms with Crippen molar-refractivity contribution in [3.8, 4) is 0 Å². The Balaban J connectivity index is 3.07. The Morgan fingerprint density at radius 2 is 2.21 bits per heavy atom. The van der Waals surface area contributed by atoms with Crippen LogP contribution in [0.5, 0.6) is 0 Å². The average Bonchev–Trinajstić information content (AvgIpc) is 2.16. The summed E-state index contributed by atoms with van der Waals surface area (Å²) in [5.74, 6) is 0.0403. The van der Waals surface area contributed by atoms with Gasteiger partial charge in [0, 0.05) is 20.3 Å². The molecule has 0 bridgehead atoms. The van der Waals surface area contributed by atoms with Gasteiger partial charge in [0.05, 0.1) is 7.11 Å². The number of nitrogens with two attached hydrogens (primary N) is 1. The van der Waals surface area contributed by atoms with Gasteiger partial charge in [0.1, 0.15) is 11.4 Å². The minimum Gasteiger partial charge on any atom is -0.465 e. The Kier molecular flexibility index (Phi) is 2.85. The Bertz CT molecular complexity index is 351. The van der Waals surface area contributed by atoms with Crippen LogP contribution in [0.15, 0.2) is 6.20 Å². The van der Waals surface area contributed by atoms with Crippen LogP contribution in [-0.4, -0.2) is 37.1 Å². The smallest absolute Gasteiger partial charge is 0.343 e. The molecule has 0 saturated carbocycles. The first-order chi connectivity index (χ1) is 6.56. The molecule has 0 unspecified atom stereocenters. The van der Waals surface area contributed by atoms with E-state index >= 15 is 0 Å². The molecule has 1 heterocycles. The maximum Gasteiger partial charge on any atom is 0.343 e. The lowest BCUT2D eigenvalue weighted by molar-refractivity contribution is 0.0601. The van der Waals surface area contributed by atoms with Crippen LogP contribution in [0.4, 0.5) is 11.8 Å². The van der Waals surface area contributed by atoms with E-state index < -0.39 is 5.97 Å². The summed E-state index contributed by atoms with van der Waals surface area (Å²) in [6.07, 6.45) is 1.35.